The average Bonchev–Trinajstić information content (AvgIpc) is 3.81. The van der Waals surface area contributed by atoms with E-state index in [1.165, 1.54) is 0 Å². The number of allylic oxidation sites excluding steroid dienone is 4. The molecule has 2 N–H and O–H groups in total. The Morgan fingerprint density at radius 1 is 0.388 bits per heavy atom. The summed E-state index contributed by atoms with van der Waals surface area (Å²) in [4.78, 5) is 10.3. The number of nitrogens with zero attached hydrogens (tertiary/aromatic N) is 2. The van der Waals surface area contributed by atoms with Gasteiger partial charge in [0.15, 0.2) is 0 Å². The van der Waals surface area contributed by atoms with E-state index in [-0.39, 0.29) is 21.1 Å². The van der Waals surface area contributed by atoms with E-state index in [2.05, 4.69) is 48.6 Å². The summed E-state index contributed by atoms with van der Waals surface area (Å²) in [5.41, 5.74) is 28.4. The standard InChI is InChI=1S/C44H34N4.Pt/c45-37-25-13-23-35(31-15-5-1-6-16-31)39-27-28-40(47-39)36(32-17-7-2-8-18-32)24-14-26-38(46)44(34-21-11-4-12-22-34)42-30-29-41(48-42)43(37)33-19-9-3-10-20-33;/h1-22,25-30,45-46H,23-24H2;/q-4;+4/b25-13-,26-14-,39-35+,40-36+,43-37-,44-38-;. The van der Waals surface area contributed by atoms with Crippen molar-refractivity contribution in [2.75, 3.05) is 0 Å². The minimum atomic E-state index is 0. The van der Waals surface area contributed by atoms with E-state index in [1.807, 2.05) is 121 Å². The van der Waals surface area contributed by atoms with Crippen molar-refractivity contribution < 1.29 is 21.1 Å². The van der Waals surface area contributed by atoms with E-state index in [9.17, 15) is 11.5 Å². The van der Waals surface area contributed by atoms with Crippen molar-refractivity contribution in [2.24, 2.45) is 0 Å². The van der Waals surface area contributed by atoms with Crippen LogP contribution in [0.1, 0.15) is 46.5 Å². The number of rotatable bonds is 4. The molecule has 7 rings (SSSR count). The largest absolute Gasteiger partial charge is 4.00 e. The fourth-order valence-corrected chi connectivity index (χ4v) is 6.21. The summed E-state index contributed by atoms with van der Waals surface area (Å²) in [6.07, 6.45) is 9.07. The van der Waals surface area contributed by atoms with Crippen LogP contribution in [0.5, 0.6) is 0 Å². The molecule has 1 aliphatic heterocycles. The van der Waals surface area contributed by atoms with Gasteiger partial charge in [-0.1, -0.05) is 181 Å². The third-order valence-electron chi connectivity index (χ3n) is 8.53. The summed E-state index contributed by atoms with van der Waals surface area (Å²) >= 11 is 0. The molecule has 0 radical (unpaired) electrons. The molecule has 4 bridgehead atoms. The van der Waals surface area contributed by atoms with Crippen molar-refractivity contribution in [3.63, 3.8) is 0 Å². The summed E-state index contributed by atoms with van der Waals surface area (Å²) in [6.45, 7) is 0. The molecular weight excluding hydrogens is 780 g/mol. The predicted octanol–water partition coefficient (Wildman–Crippen LogP) is 9.23. The number of hydrogen-bond acceptors (Lipinski definition) is 0. The normalized spacial score (nSPS) is 20.4. The van der Waals surface area contributed by atoms with Crippen LogP contribution in [0.3, 0.4) is 0 Å². The maximum absolute atomic E-state index is 9.29. The van der Waals surface area contributed by atoms with Gasteiger partial charge in [0.25, 0.3) is 0 Å². The van der Waals surface area contributed by atoms with Gasteiger partial charge in [0, 0.05) is 0 Å². The van der Waals surface area contributed by atoms with Gasteiger partial charge in [-0.2, -0.15) is 0 Å². The second-order valence-electron chi connectivity index (χ2n) is 11.6. The molecular formula is C44H34N4Pt. The molecule has 4 aromatic carbocycles. The maximum atomic E-state index is 9.29. The Kier molecular flexibility index (Phi) is 10.6. The molecule has 0 atom stereocenters. The van der Waals surface area contributed by atoms with Crippen molar-refractivity contribution in [1.82, 2.24) is 9.97 Å². The molecule has 1 aliphatic rings. The zero-order valence-corrected chi connectivity index (χ0v) is 29.1. The molecule has 6 aromatic rings. The van der Waals surface area contributed by atoms with E-state index in [0.29, 0.717) is 35.6 Å². The molecule has 3 heterocycles. The van der Waals surface area contributed by atoms with Gasteiger partial charge in [0.05, 0.1) is 0 Å². The smallest absolute Gasteiger partial charge is 0.698 e. The molecule has 0 saturated heterocycles. The third kappa shape index (κ3) is 7.46. The topological polar surface area (TPSA) is 75.8 Å². The van der Waals surface area contributed by atoms with Crippen LogP contribution in [0.15, 0.2) is 181 Å². The number of benzene rings is 4. The Bertz CT molecular complexity index is 2110. The van der Waals surface area contributed by atoms with Gasteiger partial charge in [-0.3, -0.25) is 0 Å². The molecule has 0 aliphatic carbocycles. The second kappa shape index (κ2) is 15.6. The fraction of sp³-hybridized carbons (Fsp3) is 0.0455. The minimum Gasteiger partial charge on any atom is -0.698 e. The van der Waals surface area contributed by atoms with Crippen LogP contribution in [-0.4, -0.2) is 0 Å². The zero-order valence-electron chi connectivity index (χ0n) is 26.8. The van der Waals surface area contributed by atoms with Crippen molar-refractivity contribution >= 4 is 22.3 Å². The number of fused-ring (bicyclic) bond motifs is 4. The third-order valence-corrected chi connectivity index (χ3v) is 8.53. The minimum absolute atomic E-state index is 0. The Labute approximate surface area is 301 Å². The van der Waals surface area contributed by atoms with Crippen molar-refractivity contribution in [3.8, 4) is 0 Å². The molecule has 2 aromatic heterocycles. The monoisotopic (exact) mass is 813 g/mol. The van der Waals surface area contributed by atoms with E-state index >= 15 is 0 Å². The maximum Gasteiger partial charge on any atom is 4.00 e. The Balaban J connectivity index is 0.00000417. The number of hydrogen-bond donors (Lipinski definition) is 0. The van der Waals surface area contributed by atoms with Crippen molar-refractivity contribution in [1.29, 1.82) is 0 Å². The van der Waals surface area contributed by atoms with Crippen LogP contribution in [0.2, 0.25) is 0 Å². The zero-order chi connectivity index (χ0) is 32.7. The van der Waals surface area contributed by atoms with Crippen LogP contribution in [0.4, 0.5) is 0 Å². The fourth-order valence-electron chi connectivity index (χ4n) is 6.21. The van der Waals surface area contributed by atoms with Gasteiger partial charge in [-0.15, -0.1) is 33.5 Å². The van der Waals surface area contributed by atoms with Crippen LogP contribution in [0.25, 0.3) is 33.8 Å². The summed E-state index contributed by atoms with van der Waals surface area (Å²) in [7, 11) is 0. The number of nitrogens with one attached hydrogen (secondary N) is 2. The van der Waals surface area contributed by atoms with Crippen LogP contribution >= 0.6 is 0 Å². The van der Waals surface area contributed by atoms with Gasteiger partial charge in [0.1, 0.15) is 0 Å². The van der Waals surface area contributed by atoms with Crippen molar-refractivity contribution in [3.05, 3.63) is 237 Å². The molecule has 0 spiro atoms. The van der Waals surface area contributed by atoms with Gasteiger partial charge in [-0.25, -0.2) is 0 Å². The molecule has 5 heteroatoms. The number of aromatic nitrogens is 2. The molecule has 0 saturated carbocycles. The van der Waals surface area contributed by atoms with E-state index < -0.39 is 0 Å². The first-order valence-electron chi connectivity index (χ1n) is 16.1. The summed E-state index contributed by atoms with van der Waals surface area (Å²) < 4.78 is 0. The average molecular weight is 814 g/mol. The molecule has 49 heavy (non-hydrogen) atoms. The first kappa shape index (κ1) is 33.3. The first-order chi connectivity index (χ1) is 23.7. The predicted molar refractivity (Wildman–Crippen MR) is 198 cm³/mol. The Morgan fingerprint density at radius 3 is 1.10 bits per heavy atom. The molecule has 0 fully saturated rings. The first-order valence-corrected chi connectivity index (χ1v) is 16.1. The Morgan fingerprint density at radius 2 is 0.735 bits per heavy atom. The molecule has 0 amide bonds. The van der Waals surface area contributed by atoms with Gasteiger partial charge >= 0.3 is 21.1 Å². The van der Waals surface area contributed by atoms with E-state index in [0.717, 1.165) is 55.2 Å². The quantitative estimate of drug-likeness (QED) is 0.178. The summed E-state index contributed by atoms with van der Waals surface area (Å²) in [6, 6.07) is 48.8. The van der Waals surface area contributed by atoms with Crippen molar-refractivity contribution in [2.45, 2.75) is 12.8 Å². The molecule has 4 nitrogen and oxygen atoms in total. The van der Waals surface area contributed by atoms with Gasteiger partial charge in [-0.05, 0) is 46.2 Å². The van der Waals surface area contributed by atoms with Crippen LogP contribution in [0, 0.1) is 0 Å². The van der Waals surface area contributed by atoms with E-state index in [1.54, 1.807) is 0 Å². The van der Waals surface area contributed by atoms with Gasteiger partial charge in [0.2, 0.25) is 0 Å². The van der Waals surface area contributed by atoms with E-state index in [4.69, 9.17) is 9.97 Å². The molecule has 240 valence electrons. The summed E-state index contributed by atoms with van der Waals surface area (Å²) in [5, 5.41) is 1.82. The Hall–Kier alpha value is -5.57. The van der Waals surface area contributed by atoms with Crippen LogP contribution < -0.4 is 20.7 Å². The summed E-state index contributed by atoms with van der Waals surface area (Å²) in [5.74, 6) is 0. The molecule has 0 unspecified atom stereocenters. The van der Waals surface area contributed by atoms with Gasteiger partial charge < -0.3 is 21.4 Å². The SMILES string of the molecule is [NH-]C1=C(/c2ccccc2)c2ccc([n-]2)/C(c2ccccc2)=C([NH-])/C=C\C/C(c2ccccc2)=c2/cc/c([n-]2)=C(\c2ccccc2)C/C=C\1.[Pt+4]. The second-order valence-corrected chi connectivity index (χ2v) is 11.6. The van der Waals surface area contributed by atoms with Crippen LogP contribution in [-0.2, 0) is 21.1 Å².